The number of carbonyl (C=O) groups is 2. The van der Waals surface area contributed by atoms with E-state index in [9.17, 15) is 9.59 Å². The Hall–Kier alpha value is -1.62. The summed E-state index contributed by atoms with van der Waals surface area (Å²) < 4.78 is 14.8. The fraction of sp³-hybridized carbons (Fsp3) is 0.455. The number of hydrogen-bond donors (Lipinski definition) is 0. The molecule has 5 nitrogen and oxygen atoms in total. The van der Waals surface area contributed by atoms with Crippen molar-refractivity contribution in [1.82, 2.24) is 0 Å². The van der Waals surface area contributed by atoms with Crippen LogP contribution >= 0.6 is 0 Å². The van der Waals surface area contributed by atoms with Gasteiger partial charge in [0.05, 0.1) is 0 Å². The molecule has 0 aromatic carbocycles. The molecule has 0 aliphatic heterocycles. The molecular formula is C11H16O5. The van der Waals surface area contributed by atoms with Crippen molar-refractivity contribution in [3.05, 3.63) is 25.3 Å². The average Bonchev–Trinajstić information content (AvgIpc) is 2.28. The van der Waals surface area contributed by atoms with Crippen LogP contribution in [0.2, 0.25) is 0 Å². The number of hydrogen-bond acceptors (Lipinski definition) is 5. The summed E-state index contributed by atoms with van der Waals surface area (Å²) in [5.41, 5.74) is 0. The Labute approximate surface area is 94.7 Å². The molecule has 0 aliphatic carbocycles. The standard InChI is InChI=1S/C11H16O5/c1-5-9(12)15-11(7-3,8-14-4)16-10(13)6-2/h5-6H,1-2,7-8H2,3-4H3. The first-order valence-electron chi connectivity index (χ1n) is 4.73. The molecule has 0 rings (SSSR count). The lowest BCUT2D eigenvalue weighted by atomic mass is 10.2. The quantitative estimate of drug-likeness (QED) is 0.372. The van der Waals surface area contributed by atoms with Crippen molar-refractivity contribution in [3.8, 4) is 0 Å². The van der Waals surface area contributed by atoms with Crippen molar-refractivity contribution < 1.29 is 23.8 Å². The lowest BCUT2D eigenvalue weighted by Crippen LogP contribution is -2.43. The van der Waals surface area contributed by atoms with Crippen molar-refractivity contribution in [2.75, 3.05) is 13.7 Å². The van der Waals surface area contributed by atoms with Crippen molar-refractivity contribution in [2.45, 2.75) is 19.1 Å². The molecule has 0 radical (unpaired) electrons. The van der Waals surface area contributed by atoms with Gasteiger partial charge in [-0.05, 0) is 0 Å². The average molecular weight is 228 g/mol. The van der Waals surface area contributed by atoms with Crippen molar-refractivity contribution in [1.29, 1.82) is 0 Å². The summed E-state index contributed by atoms with van der Waals surface area (Å²) in [6.07, 6.45) is 2.24. The highest BCUT2D eigenvalue weighted by Gasteiger charge is 2.36. The van der Waals surface area contributed by atoms with E-state index in [1.54, 1.807) is 6.92 Å². The van der Waals surface area contributed by atoms with Gasteiger partial charge in [-0.3, -0.25) is 0 Å². The summed E-state index contributed by atoms with van der Waals surface area (Å²) in [5, 5.41) is 0. The molecule has 0 aromatic heterocycles. The van der Waals surface area contributed by atoms with Crippen molar-refractivity contribution >= 4 is 11.9 Å². The summed E-state index contributed by atoms with van der Waals surface area (Å²) in [5.74, 6) is -2.79. The Morgan fingerprint density at radius 3 is 1.88 bits per heavy atom. The van der Waals surface area contributed by atoms with Gasteiger partial charge in [0.15, 0.2) is 0 Å². The van der Waals surface area contributed by atoms with Crippen LogP contribution in [0.4, 0.5) is 0 Å². The summed E-state index contributed by atoms with van der Waals surface area (Å²) in [7, 11) is 1.41. The Morgan fingerprint density at radius 2 is 1.62 bits per heavy atom. The molecule has 0 saturated heterocycles. The maximum atomic E-state index is 11.1. The molecule has 0 N–H and O–H groups in total. The number of carbonyl (C=O) groups excluding carboxylic acids is 2. The monoisotopic (exact) mass is 228 g/mol. The van der Waals surface area contributed by atoms with Crippen LogP contribution in [0, 0.1) is 0 Å². The van der Waals surface area contributed by atoms with E-state index in [1.807, 2.05) is 0 Å². The summed E-state index contributed by atoms with van der Waals surface area (Å²) in [4.78, 5) is 22.2. The number of ether oxygens (including phenoxy) is 3. The Bertz CT molecular complexity index is 260. The summed E-state index contributed by atoms with van der Waals surface area (Å²) in [6, 6.07) is 0. The third-order valence-electron chi connectivity index (χ3n) is 1.81. The van der Waals surface area contributed by atoms with E-state index in [2.05, 4.69) is 13.2 Å². The first kappa shape index (κ1) is 14.4. The van der Waals surface area contributed by atoms with Gasteiger partial charge in [0.2, 0.25) is 0 Å². The van der Waals surface area contributed by atoms with Gasteiger partial charge >= 0.3 is 11.9 Å². The van der Waals surface area contributed by atoms with Gasteiger partial charge in [0.1, 0.15) is 6.61 Å². The van der Waals surface area contributed by atoms with Gasteiger partial charge < -0.3 is 14.2 Å². The number of rotatable bonds is 7. The number of esters is 2. The topological polar surface area (TPSA) is 61.8 Å². The van der Waals surface area contributed by atoms with Gasteiger partial charge in [0.25, 0.3) is 5.79 Å². The molecule has 0 bridgehead atoms. The van der Waals surface area contributed by atoms with Crippen LogP contribution in [-0.2, 0) is 23.8 Å². The molecule has 0 amide bonds. The minimum Gasteiger partial charge on any atom is -0.417 e. The second-order valence-corrected chi connectivity index (χ2v) is 2.95. The summed E-state index contributed by atoms with van der Waals surface area (Å²) in [6.45, 7) is 8.17. The van der Waals surface area contributed by atoms with Gasteiger partial charge in [-0.2, -0.15) is 0 Å². The molecule has 5 heteroatoms. The predicted octanol–water partition coefficient (Wildman–Crippen LogP) is 1.20. The zero-order chi connectivity index (χ0) is 12.6. The highest BCUT2D eigenvalue weighted by Crippen LogP contribution is 2.19. The zero-order valence-electron chi connectivity index (χ0n) is 9.52. The number of methoxy groups -OCH3 is 1. The van der Waals surface area contributed by atoms with E-state index in [0.717, 1.165) is 12.2 Å². The first-order chi connectivity index (χ1) is 7.53. The molecule has 16 heavy (non-hydrogen) atoms. The maximum absolute atomic E-state index is 11.1. The van der Waals surface area contributed by atoms with Crippen molar-refractivity contribution in [3.63, 3.8) is 0 Å². The Kier molecular flexibility index (Phi) is 6.10. The zero-order valence-corrected chi connectivity index (χ0v) is 9.52. The maximum Gasteiger partial charge on any atom is 0.333 e. The molecule has 0 unspecified atom stereocenters. The third kappa shape index (κ3) is 4.27. The second-order valence-electron chi connectivity index (χ2n) is 2.95. The van der Waals surface area contributed by atoms with E-state index in [-0.39, 0.29) is 13.0 Å². The van der Waals surface area contributed by atoms with Crippen LogP contribution in [0.1, 0.15) is 13.3 Å². The second kappa shape index (κ2) is 6.79. The Balaban J connectivity index is 4.81. The van der Waals surface area contributed by atoms with Gasteiger partial charge in [-0.15, -0.1) is 0 Å². The lowest BCUT2D eigenvalue weighted by Gasteiger charge is -2.30. The van der Waals surface area contributed by atoms with Crippen LogP contribution in [0.25, 0.3) is 0 Å². The van der Waals surface area contributed by atoms with Crippen LogP contribution in [-0.4, -0.2) is 31.4 Å². The van der Waals surface area contributed by atoms with Gasteiger partial charge in [-0.25, -0.2) is 9.59 Å². The molecule has 0 aromatic rings. The van der Waals surface area contributed by atoms with Crippen molar-refractivity contribution in [2.24, 2.45) is 0 Å². The van der Waals surface area contributed by atoms with Crippen LogP contribution in [0.15, 0.2) is 25.3 Å². The molecule has 90 valence electrons. The Morgan fingerprint density at radius 1 is 1.19 bits per heavy atom. The molecule has 0 fully saturated rings. The SMILES string of the molecule is C=CC(=O)OC(CC)(COC)OC(=O)C=C. The fourth-order valence-corrected chi connectivity index (χ4v) is 0.996. The van der Waals surface area contributed by atoms with Crippen LogP contribution in [0.3, 0.4) is 0 Å². The third-order valence-corrected chi connectivity index (χ3v) is 1.81. The fourth-order valence-electron chi connectivity index (χ4n) is 0.996. The lowest BCUT2D eigenvalue weighted by molar-refractivity contribution is -0.238. The van der Waals surface area contributed by atoms with Gasteiger partial charge in [-0.1, -0.05) is 20.1 Å². The molecule has 0 heterocycles. The molecule has 0 atom stereocenters. The molecule has 0 saturated carbocycles. The molecular weight excluding hydrogens is 212 g/mol. The minimum atomic E-state index is -1.43. The van der Waals surface area contributed by atoms with E-state index in [4.69, 9.17) is 14.2 Å². The smallest absolute Gasteiger partial charge is 0.333 e. The summed E-state index contributed by atoms with van der Waals surface area (Å²) >= 11 is 0. The van der Waals surface area contributed by atoms with E-state index < -0.39 is 17.7 Å². The largest absolute Gasteiger partial charge is 0.417 e. The van der Waals surface area contributed by atoms with Gasteiger partial charge in [0, 0.05) is 25.7 Å². The van der Waals surface area contributed by atoms with E-state index in [1.165, 1.54) is 7.11 Å². The molecule has 0 aliphatic rings. The highest BCUT2D eigenvalue weighted by atomic mass is 16.7. The van der Waals surface area contributed by atoms with E-state index >= 15 is 0 Å². The van der Waals surface area contributed by atoms with Crippen LogP contribution < -0.4 is 0 Å². The minimum absolute atomic E-state index is 0.0529. The van der Waals surface area contributed by atoms with E-state index in [0.29, 0.717) is 0 Å². The predicted molar refractivity (Wildman–Crippen MR) is 57.5 cm³/mol. The first-order valence-corrected chi connectivity index (χ1v) is 4.73. The highest BCUT2D eigenvalue weighted by molar-refractivity contribution is 5.83. The van der Waals surface area contributed by atoms with Crippen LogP contribution in [0.5, 0.6) is 0 Å². The normalized spacial score (nSPS) is 10.4. The molecule has 0 spiro atoms.